The Balaban J connectivity index is 2.50. The number of para-hydroxylation sites is 2. The Labute approximate surface area is 118 Å². The number of esters is 1. The van der Waals surface area contributed by atoms with Gasteiger partial charge >= 0.3 is 5.97 Å². The van der Waals surface area contributed by atoms with Crippen molar-refractivity contribution in [3.63, 3.8) is 0 Å². The van der Waals surface area contributed by atoms with Crippen molar-refractivity contribution in [2.75, 3.05) is 13.2 Å². The van der Waals surface area contributed by atoms with Crippen molar-refractivity contribution >= 4 is 17.0 Å². The molecule has 1 aromatic carbocycles. The third-order valence-electron chi connectivity index (χ3n) is 3.30. The first kappa shape index (κ1) is 14.5. The molecule has 0 fully saturated rings. The fraction of sp³-hybridized carbons (Fsp3) is 0.467. The molecule has 0 aliphatic heterocycles. The number of imidazole rings is 1. The van der Waals surface area contributed by atoms with Crippen LogP contribution in [-0.4, -0.2) is 33.8 Å². The number of fused-ring (bicyclic) bond motifs is 1. The maximum atomic E-state index is 12.1. The molecule has 0 saturated heterocycles. The SMILES string of the molecule is CCOC(=O)C(CC)c1nc2ccccc2n1CCO. The average molecular weight is 276 g/mol. The Bertz CT molecular complexity index is 592. The standard InChI is InChI=1S/C15H20N2O3/c1-3-11(15(19)20-4-2)14-16-12-7-5-6-8-13(12)17(14)9-10-18/h5-8,11,18H,3-4,9-10H2,1-2H3. The van der Waals surface area contributed by atoms with E-state index in [-0.39, 0.29) is 12.6 Å². The fourth-order valence-electron chi connectivity index (χ4n) is 2.39. The highest BCUT2D eigenvalue weighted by molar-refractivity contribution is 5.81. The second-order valence-electron chi connectivity index (χ2n) is 4.55. The number of aliphatic hydroxyl groups excluding tert-OH is 1. The van der Waals surface area contributed by atoms with Crippen molar-refractivity contribution in [1.29, 1.82) is 0 Å². The van der Waals surface area contributed by atoms with Gasteiger partial charge in [0.05, 0.1) is 24.2 Å². The van der Waals surface area contributed by atoms with E-state index in [9.17, 15) is 9.90 Å². The van der Waals surface area contributed by atoms with E-state index in [0.717, 1.165) is 11.0 Å². The van der Waals surface area contributed by atoms with Crippen molar-refractivity contribution in [3.8, 4) is 0 Å². The second kappa shape index (κ2) is 6.52. The average Bonchev–Trinajstić information content (AvgIpc) is 2.80. The Morgan fingerprint density at radius 3 is 2.80 bits per heavy atom. The number of carbonyl (C=O) groups excluding carboxylic acids is 1. The first-order chi connectivity index (χ1) is 9.72. The number of ether oxygens (including phenoxy) is 1. The first-order valence-electron chi connectivity index (χ1n) is 6.95. The van der Waals surface area contributed by atoms with Gasteiger partial charge in [-0.3, -0.25) is 4.79 Å². The van der Waals surface area contributed by atoms with Crippen LogP contribution in [0.15, 0.2) is 24.3 Å². The third kappa shape index (κ3) is 2.67. The normalized spacial score (nSPS) is 12.6. The van der Waals surface area contributed by atoms with Gasteiger partial charge in [-0.1, -0.05) is 19.1 Å². The van der Waals surface area contributed by atoms with Crippen LogP contribution in [0.4, 0.5) is 0 Å². The minimum absolute atomic E-state index is 0.00656. The van der Waals surface area contributed by atoms with Crippen LogP contribution in [0.3, 0.4) is 0 Å². The van der Waals surface area contributed by atoms with Gasteiger partial charge in [0.1, 0.15) is 11.7 Å². The predicted molar refractivity (Wildman–Crippen MR) is 76.5 cm³/mol. The molecule has 0 bridgehead atoms. The zero-order chi connectivity index (χ0) is 14.5. The van der Waals surface area contributed by atoms with Gasteiger partial charge in [0, 0.05) is 6.54 Å². The lowest BCUT2D eigenvalue weighted by Gasteiger charge is -2.15. The Hall–Kier alpha value is -1.88. The van der Waals surface area contributed by atoms with Crippen LogP contribution in [0.5, 0.6) is 0 Å². The summed E-state index contributed by atoms with van der Waals surface area (Å²) in [5, 5.41) is 9.25. The molecule has 1 N–H and O–H groups in total. The van der Waals surface area contributed by atoms with Crippen LogP contribution in [0.2, 0.25) is 0 Å². The first-order valence-corrected chi connectivity index (χ1v) is 6.95. The molecule has 0 amide bonds. The van der Waals surface area contributed by atoms with E-state index in [1.54, 1.807) is 6.92 Å². The molecule has 1 heterocycles. The Kier molecular flexibility index (Phi) is 4.74. The highest BCUT2D eigenvalue weighted by Gasteiger charge is 2.26. The van der Waals surface area contributed by atoms with Gasteiger partial charge in [-0.05, 0) is 25.5 Å². The van der Waals surface area contributed by atoms with Crippen molar-refractivity contribution < 1.29 is 14.6 Å². The highest BCUT2D eigenvalue weighted by atomic mass is 16.5. The van der Waals surface area contributed by atoms with Gasteiger partial charge in [-0.2, -0.15) is 0 Å². The minimum atomic E-state index is -0.395. The van der Waals surface area contributed by atoms with Gasteiger partial charge < -0.3 is 14.4 Å². The van der Waals surface area contributed by atoms with Crippen LogP contribution in [-0.2, 0) is 16.1 Å². The lowest BCUT2D eigenvalue weighted by molar-refractivity contribution is -0.145. The summed E-state index contributed by atoms with van der Waals surface area (Å²) in [6.07, 6.45) is 0.619. The summed E-state index contributed by atoms with van der Waals surface area (Å²) in [6.45, 7) is 4.51. The van der Waals surface area contributed by atoms with Gasteiger partial charge in [0.2, 0.25) is 0 Å². The number of benzene rings is 1. The fourth-order valence-corrected chi connectivity index (χ4v) is 2.39. The van der Waals surface area contributed by atoms with Crippen LogP contribution in [0.25, 0.3) is 11.0 Å². The maximum absolute atomic E-state index is 12.1. The zero-order valence-electron chi connectivity index (χ0n) is 11.9. The molecule has 2 rings (SSSR count). The summed E-state index contributed by atoms with van der Waals surface area (Å²) in [6, 6.07) is 7.69. The molecule has 5 heteroatoms. The monoisotopic (exact) mass is 276 g/mol. The summed E-state index contributed by atoms with van der Waals surface area (Å²) in [5.41, 5.74) is 1.76. The summed E-state index contributed by atoms with van der Waals surface area (Å²) >= 11 is 0. The van der Waals surface area contributed by atoms with Crippen molar-refractivity contribution in [1.82, 2.24) is 9.55 Å². The lowest BCUT2D eigenvalue weighted by atomic mass is 10.1. The van der Waals surface area contributed by atoms with E-state index in [1.807, 2.05) is 35.8 Å². The molecule has 0 spiro atoms. The summed E-state index contributed by atoms with van der Waals surface area (Å²) in [5.74, 6) is 0.0135. The molecule has 1 atom stereocenters. The van der Waals surface area contributed by atoms with Crippen LogP contribution < -0.4 is 0 Å². The molecular formula is C15H20N2O3. The number of rotatable bonds is 6. The molecular weight excluding hydrogens is 256 g/mol. The van der Waals surface area contributed by atoms with E-state index < -0.39 is 5.92 Å². The number of aromatic nitrogens is 2. The van der Waals surface area contributed by atoms with Gasteiger partial charge in [-0.25, -0.2) is 4.98 Å². The second-order valence-corrected chi connectivity index (χ2v) is 4.55. The third-order valence-corrected chi connectivity index (χ3v) is 3.30. The van der Waals surface area contributed by atoms with E-state index in [0.29, 0.717) is 25.4 Å². The van der Waals surface area contributed by atoms with E-state index in [4.69, 9.17) is 4.74 Å². The quantitative estimate of drug-likeness (QED) is 0.820. The Morgan fingerprint density at radius 2 is 2.15 bits per heavy atom. The molecule has 0 saturated carbocycles. The van der Waals surface area contributed by atoms with Gasteiger partial charge in [-0.15, -0.1) is 0 Å². The topological polar surface area (TPSA) is 64.3 Å². The van der Waals surface area contributed by atoms with E-state index in [2.05, 4.69) is 4.98 Å². The molecule has 5 nitrogen and oxygen atoms in total. The van der Waals surface area contributed by atoms with E-state index in [1.165, 1.54) is 0 Å². The van der Waals surface area contributed by atoms with Gasteiger partial charge in [0.25, 0.3) is 0 Å². The number of carbonyl (C=O) groups is 1. The molecule has 2 aromatic rings. The lowest BCUT2D eigenvalue weighted by Crippen LogP contribution is -2.20. The molecule has 20 heavy (non-hydrogen) atoms. The molecule has 0 radical (unpaired) electrons. The molecule has 1 unspecified atom stereocenters. The van der Waals surface area contributed by atoms with Crippen molar-refractivity contribution in [2.45, 2.75) is 32.7 Å². The number of hydrogen-bond donors (Lipinski definition) is 1. The molecule has 0 aliphatic rings. The van der Waals surface area contributed by atoms with Crippen molar-refractivity contribution in [2.24, 2.45) is 0 Å². The number of nitrogens with zero attached hydrogens (tertiary/aromatic N) is 2. The summed E-state index contributed by atoms with van der Waals surface area (Å²) in [7, 11) is 0. The maximum Gasteiger partial charge on any atom is 0.316 e. The van der Waals surface area contributed by atoms with Crippen LogP contribution in [0, 0.1) is 0 Å². The van der Waals surface area contributed by atoms with Crippen LogP contribution in [0.1, 0.15) is 32.0 Å². The van der Waals surface area contributed by atoms with Crippen molar-refractivity contribution in [3.05, 3.63) is 30.1 Å². The van der Waals surface area contributed by atoms with E-state index >= 15 is 0 Å². The van der Waals surface area contributed by atoms with Gasteiger partial charge in [0.15, 0.2) is 0 Å². The molecule has 1 aromatic heterocycles. The predicted octanol–water partition coefficient (Wildman–Crippen LogP) is 2.09. The zero-order valence-corrected chi connectivity index (χ0v) is 11.9. The number of hydrogen-bond acceptors (Lipinski definition) is 4. The smallest absolute Gasteiger partial charge is 0.316 e. The minimum Gasteiger partial charge on any atom is -0.465 e. The molecule has 108 valence electrons. The molecule has 0 aliphatic carbocycles. The summed E-state index contributed by atoms with van der Waals surface area (Å²) < 4.78 is 7.03. The number of aliphatic hydroxyl groups is 1. The Morgan fingerprint density at radius 1 is 1.40 bits per heavy atom. The summed E-state index contributed by atoms with van der Waals surface area (Å²) in [4.78, 5) is 16.6. The highest BCUT2D eigenvalue weighted by Crippen LogP contribution is 2.25. The largest absolute Gasteiger partial charge is 0.465 e. The van der Waals surface area contributed by atoms with Crippen LogP contribution >= 0.6 is 0 Å².